The van der Waals surface area contributed by atoms with Gasteiger partial charge in [-0.25, -0.2) is 8.42 Å². The molecule has 0 aromatic heterocycles. The minimum absolute atomic E-state index is 0.0812. The van der Waals surface area contributed by atoms with Crippen LogP contribution in [-0.4, -0.2) is 57.8 Å². The maximum absolute atomic E-state index is 14.3. The molecule has 0 spiro atoms. The number of nitrogens with zero attached hydrogens (tertiary/aromatic N) is 2. The summed E-state index contributed by atoms with van der Waals surface area (Å²) in [6, 6.07) is 15.3. The number of fused-ring (bicyclic) bond motifs is 2. The van der Waals surface area contributed by atoms with Crippen LogP contribution in [0.2, 0.25) is 0 Å². The molecular formula is C30H34BrN3O6S. The third-order valence-electron chi connectivity index (χ3n) is 7.18. The number of anilines is 2. The summed E-state index contributed by atoms with van der Waals surface area (Å²) in [6.07, 6.45) is 2.42. The molecule has 11 heteroatoms. The molecule has 1 N–H and O–H groups in total. The normalized spacial score (nSPS) is 16.2. The Bertz CT molecular complexity index is 1590. The fourth-order valence-electron chi connectivity index (χ4n) is 5.15. The minimum atomic E-state index is -3.66. The van der Waals surface area contributed by atoms with Gasteiger partial charge in [0.2, 0.25) is 11.8 Å². The second kappa shape index (κ2) is 12.6. The Morgan fingerprint density at radius 2 is 1.78 bits per heavy atom. The van der Waals surface area contributed by atoms with Crippen molar-refractivity contribution in [3.8, 4) is 5.75 Å². The summed E-state index contributed by atoms with van der Waals surface area (Å²) in [6.45, 7) is 3.64. The van der Waals surface area contributed by atoms with Crippen LogP contribution >= 0.6 is 15.9 Å². The Labute approximate surface area is 248 Å². The Balaban J connectivity index is 1.87. The van der Waals surface area contributed by atoms with Crippen LogP contribution in [-0.2, 0) is 30.8 Å². The zero-order valence-electron chi connectivity index (χ0n) is 23.5. The number of sulfone groups is 1. The van der Waals surface area contributed by atoms with Gasteiger partial charge in [-0.05, 0) is 47.5 Å². The average molecular weight is 645 g/mol. The largest absolute Gasteiger partial charge is 0.496 e. The first-order chi connectivity index (χ1) is 19.4. The van der Waals surface area contributed by atoms with E-state index < -0.39 is 33.4 Å². The van der Waals surface area contributed by atoms with E-state index in [1.165, 1.54) is 9.80 Å². The number of carbonyl (C=O) groups excluding carboxylic acids is 3. The third kappa shape index (κ3) is 6.73. The SMILES string of the molecule is CCC[C@@H](C)C(=O)N[C@H]1CN(C(=O)CS(C)(=O)=O)c2ccccc2N(Cc2c(OC)ccc3c(Br)cccc23)C1=O. The molecule has 1 heterocycles. The molecule has 1 aliphatic heterocycles. The Kier molecular flexibility index (Phi) is 9.38. The highest BCUT2D eigenvalue weighted by Crippen LogP contribution is 2.38. The first kappa shape index (κ1) is 30.5. The molecule has 0 radical (unpaired) electrons. The molecule has 3 aromatic carbocycles. The minimum Gasteiger partial charge on any atom is -0.496 e. The summed E-state index contributed by atoms with van der Waals surface area (Å²) in [5, 5.41) is 4.66. The number of halogens is 1. The smallest absolute Gasteiger partial charge is 0.251 e. The number of ether oxygens (including phenoxy) is 1. The van der Waals surface area contributed by atoms with Gasteiger partial charge in [-0.1, -0.05) is 60.5 Å². The molecule has 0 bridgehead atoms. The molecule has 9 nitrogen and oxygen atoms in total. The average Bonchev–Trinajstić information content (AvgIpc) is 3.03. The number of carbonyl (C=O) groups is 3. The lowest BCUT2D eigenvalue weighted by molar-refractivity contribution is -0.130. The van der Waals surface area contributed by atoms with E-state index in [0.717, 1.165) is 33.5 Å². The fraction of sp³-hybridized carbons (Fsp3) is 0.367. The molecule has 4 rings (SSSR count). The number of methoxy groups -OCH3 is 1. The Morgan fingerprint density at radius 3 is 2.44 bits per heavy atom. The number of rotatable bonds is 9. The number of amides is 3. The summed E-state index contributed by atoms with van der Waals surface area (Å²) in [7, 11) is -2.10. The zero-order valence-corrected chi connectivity index (χ0v) is 25.9. The molecule has 0 saturated carbocycles. The predicted octanol–water partition coefficient (Wildman–Crippen LogP) is 4.46. The number of hydrogen-bond acceptors (Lipinski definition) is 6. The highest BCUT2D eigenvalue weighted by Gasteiger charge is 2.38. The van der Waals surface area contributed by atoms with Crippen molar-refractivity contribution in [2.24, 2.45) is 5.92 Å². The van der Waals surface area contributed by atoms with Crippen LogP contribution in [0.3, 0.4) is 0 Å². The molecule has 41 heavy (non-hydrogen) atoms. The van der Waals surface area contributed by atoms with Crippen molar-refractivity contribution in [1.82, 2.24) is 5.32 Å². The second-order valence-electron chi connectivity index (χ2n) is 10.3. The standard InChI is InChI=1S/C30H34BrN3O6S/c1-5-9-19(2)29(36)32-24-17-33(28(35)18-41(4,38)39)25-12-6-7-13-26(25)34(30(24)37)16-22-20-10-8-11-23(31)21(20)14-15-27(22)40-3/h6-8,10-15,19,24H,5,9,16-18H2,1-4H3,(H,32,36)/t19-,24+/m1/s1. The second-order valence-corrected chi connectivity index (χ2v) is 13.3. The van der Waals surface area contributed by atoms with Gasteiger partial charge in [0.25, 0.3) is 5.91 Å². The van der Waals surface area contributed by atoms with Gasteiger partial charge in [0.05, 0.1) is 31.6 Å². The topological polar surface area (TPSA) is 113 Å². The lowest BCUT2D eigenvalue weighted by Crippen LogP contribution is -2.54. The lowest BCUT2D eigenvalue weighted by Gasteiger charge is -2.27. The molecule has 218 valence electrons. The summed E-state index contributed by atoms with van der Waals surface area (Å²) >= 11 is 3.60. The van der Waals surface area contributed by atoms with E-state index in [-0.39, 0.29) is 24.9 Å². The van der Waals surface area contributed by atoms with Crippen molar-refractivity contribution in [2.45, 2.75) is 39.3 Å². The van der Waals surface area contributed by atoms with Crippen LogP contribution < -0.4 is 19.9 Å². The highest BCUT2D eigenvalue weighted by atomic mass is 79.9. The van der Waals surface area contributed by atoms with Gasteiger partial charge in [-0.2, -0.15) is 0 Å². The number of para-hydroxylation sites is 2. The first-order valence-corrected chi connectivity index (χ1v) is 16.2. The van der Waals surface area contributed by atoms with E-state index in [4.69, 9.17) is 4.74 Å². The van der Waals surface area contributed by atoms with Crippen LogP contribution in [0, 0.1) is 5.92 Å². The van der Waals surface area contributed by atoms with Crippen LogP contribution in [0.1, 0.15) is 32.3 Å². The molecule has 0 aliphatic carbocycles. The van der Waals surface area contributed by atoms with Gasteiger partial charge in [0, 0.05) is 22.2 Å². The Morgan fingerprint density at radius 1 is 1.07 bits per heavy atom. The van der Waals surface area contributed by atoms with Gasteiger partial charge in [0.1, 0.15) is 17.5 Å². The third-order valence-corrected chi connectivity index (χ3v) is 8.64. The van der Waals surface area contributed by atoms with Gasteiger partial charge >= 0.3 is 0 Å². The van der Waals surface area contributed by atoms with Crippen molar-refractivity contribution >= 4 is 65.6 Å². The molecule has 0 saturated heterocycles. The summed E-state index contributed by atoms with van der Waals surface area (Å²) < 4.78 is 30.7. The van der Waals surface area contributed by atoms with Crippen molar-refractivity contribution in [2.75, 3.05) is 35.5 Å². The zero-order chi connectivity index (χ0) is 29.9. The molecule has 0 fully saturated rings. The van der Waals surface area contributed by atoms with Crippen LogP contribution in [0.4, 0.5) is 11.4 Å². The van der Waals surface area contributed by atoms with E-state index in [1.807, 2.05) is 37.3 Å². The van der Waals surface area contributed by atoms with Gasteiger partial charge < -0.3 is 19.9 Å². The van der Waals surface area contributed by atoms with Crippen molar-refractivity contribution in [3.05, 3.63) is 64.6 Å². The highest BCUT2D eigenvalue weighted by molar-refractivity contribution is 9.10. The van der Waals surface area contributed by atoms with Crippen LogP contribution in [0.25, 0.3) is 10.8 Å². The molecule has 2 atom stereocenters. The van der Waals surface area contributed by atoms with Crippen molar-refractivity contribution in [3.63, 3.8) is 0 Å². The summed E-state index contributed by atoms with van der Waals surface area (Å²) in [4.78, 5) is 43.6. The monoisotopic (exact) mass is 643 g/mol. The maximum atomic E-state index is 14.3. The van der Waals surface area contributed by atoms with Gasteiger partial charge in [0.15, 0.2) is 9.84 Å². The first-order valence-electron chi connectivity index (χ1n) is 13.4. The van der Waals surface area contributed by atoms with Crippen molar-refractivity contribution in [1.29, 1.82) is 0 Å². The van der Waals surface area contributed by atoms with E-state index in [2.05, 4.69) is 21.2 Å². The van der Waals surface area contributed by atoms with E-state index in [9.17, 15) is 22.8 Å². The quantitative estimate of drug-likeness (QED) is 0.368. The summed E-state index contributed by atoms with van der Waals surface area (Å²) in [5.41, 5.74) is 1.55. The number of benzene rings is 3. The van der Waals surface area contributed by atoms with Crippen LogP contribution in [0.5, 0.6) is 5.75 Å². The lowest BCUT2D eigenvalue weighted by atomic mass is 10.0. The van der Waals surface area contributed by atoms with Gasteiger partial charge in [-0.15, -0.1) is 0 Å². The number of nitrogens with one attached hydrogen (secondary N) is 1. The predicted molar refractivity (Wildman–Crippen MR) is 164 cm³/mol. The molecular weight excluding hydrogens is 610 g/mol. The molecule has 1 aliphatic rings. The van der Waals surface area contributed by atoms with Gasteiger partial charge in [-0.3, -0.25) is 14.4 Å². The van der Waals surface area contributed by atoms with E-state index >= 15 is 0 Å². The maximum Gasteiger partial charge on any atom is 0.251 e. The molecule has 0 unspecified atom stereocenters. The summed E-state index contributed by atoms with van der Waals surface area (Å²) in [5.74, 6) is -1.90. The fourth-order valence-corrected chi connectivity index (χ4v) is 6.25. The molecule has 3 aromatic rings. The van der Waals surface area contributed by atoms with Crippen LogP contribution in [0.15, 0.2) is 59.1 Å². The molecule has 3 amide bonds. The van der Waals surface area contributed by atoms with Crippen molar-refractivity contribution < 1.29 is 27.5 Å². The van der Waals surface area contributed by atoms with E-state index in [0.29, 0.717) is 23.5 Å². The number of hydrogen-bond donors (Lipinski definition) is 1. The van der Waals surface area contributed by atoms with E-state index in [1.54, 1.807) is 38.3 Å². The Hall–Kier alpha value is -3.44.